The van der Waals surface area contributed by atoms with E-state index >= 15 is 0 Å². The van der Waals surface area contributed by atoms with Crippen molar-refractivity contribution in [3.05, 3.63) is 41.3 Å². The van der Waals surface area contributed by atoms with Gasteiger partial charge in [-0.3, -0.25) is 4.68 Å². The number of hydrogen-bond acceptors (Lipinski definition) is 5. The molecule has 0 bridgehead atoms. The third-order valence-electron chi connectivity index (χ3n) is 4.06. The highest BCUT2D eigenvalue weighted by molar-refractivity contribution is 5.73. The highest BCUT2D eigenvalue weighted by Crippen LogP contribution is 2.16. The van der Waals surface area contributed by atoms with Gasteiger partial charge >= 0.3 is 6.03 Å². The van der Waals surface area contributed by atoms with Gasteiger partial charge < -0.3 is 15.1 Å². The van der Waals surface area contributed by atoms with E-state index < -0.39 is 0 Å². The number of aromatic nitrogens is 3. The summed E-state index contributed by atoms with van der Waals surface area (Å²) in [6.07, 6.45) is 2.42. The molecule has 0 radical (unpaired) electrons. The summed E-state index contributed by atoms with van der Waals surface area (Å²) in [6, 6.07) is 7.60. The Hall–Kier alpha value is -3.08. The maximum Gasteiger partial charge on any atom is 0.319 e. The Labute approximate surface area is 146 Å². The van der Waals surface area contributed by atoms with E-state index in [0.717, 1.165) is 30.9 Å². The normalized spacial score (nSPS) is 13.6. The first-order chi connectivity index (χ1) is 12.1. The van der Waals surface area contributed by atoms with Crippen LogP contribution in [-0.2, 0) is 19.6 Å². The number of nitrogens with one attached hydrogen (secondary N) is 1. The molecule has 0 unspecified atom stereocenters. The highest BCUT2D eigenvalue weighted by atomic mass is 16.2. The summed E-state index contributed by atoms with van der Waals surface area (Å²) >= 11 is 0. The topological polar surface area (TPSA) is 90.1 Å². The first kappa shape index (κ1) is 16.8. The van der Waals surface area contributed by atoms with Crippen LogP contribution in [0.4, 0.5) is 10.6 Å². The molecule has 0 fully saturated rings. The Balaban J connectivity index is 1.66. The number of rotatable bonds is 3. The zero-order valence-electron chi connectivity index (χ0n) is 14.4. The molecule has 25 heavy (non-hydrogen) atoms. The quantitative estimate of drug-likeness (QED) is 0.918. The van der Waals surface area contributed by atoms with Gasteiger partial charge in [-0.2, -0.15) is 10.4 Å². The van der Waals surface area contributed by atoms with Crippen LogP contribution in [-0.4, -0.2) is 51.2 Å². The molecule has 2 amide bonds. The van der Waals surface area contributed by atoms with Crippen molar-refractivity contribution in [1.29, 1.82) is 5.26 Å². The van der Waals surface area contributed by atoms with E-state index in [4.69, 9.17) is 5.26 Å². The summed E-state index contributed by atoms with van der Waals surface area (Å²) in [7, 11) is 3.54. The number of aryl methyl sites for hydroxylation is 1. The van der Waals surface area contributed by atoms with E-state index in [2.05, 4.69) is 15.4 Å². The monoisotopic (exact) mass is 339 g/mol. The number of urea groups is 1. The molecule has 2 aromatic rings. The lowest BCUT2D eigenvalue weighted by molar-refractivity contribution is 0.169. The molecule has 1 aliphatic heterocycles. The fourth-order valence-corrected chi connectivity index (χ4v) is 2.80. The van der Waals surface area contributed by atoms with Gasteiger partial charge in [0, 0.05) is 33.4 Å². The molecule has 3 rings (SSSR count). The maximum atomic E-state index is 12.2. The zero-order chi connectivity index (χ0) is 17.8. The third-order valence-corrected chi connectivity index (χ3v) is 4.06. The molecule has 8 heteroatoms. The van der Waals surface area contributed by atoms with Gasteiger partial charge in [-0.05, 0) is 24.6 Å². The lowest BCUT2D eigenvalue weighted by Crippen LogP contribution is -2.38. The van der Waals surface area contributed by atoms with Crippen LogP contribution in [0.15, 0.2) is 24.4 Å². The van der Waals surface area contributed by atoms with E-state index in [-0.39, 0.29) is 6.03 Å². The zero-order valence-corrected chi connectivity index (χ0v) is 14.4. The smallest absolute Gasteiger partial charge is 0.319 e. The number of pyridine rings is 1. The molecule has 2 aromatic heterocycles. The standard InChI is InChI=1S/C17H21N7O/c1-22(2)17(25)23-6-3-7-24-15(12-23)8-14(21-24)11-20-16-5-4-13(9-18)10-19-16/h4-5,8,10H,3,6-7,11-12H2,1-2H3,(H,19,20). The van der Waals surface area contributed by atoms with Crippen LogP contribution in [0.1, 0.15) is 23.4 Å². The number of carbonyl (C=O) groups is 1. The van der Waals surface area contributed by atoms with E-state index in [1.165, 1.54) is 6.20 Å². The van der Waals surface area contributed by atoms with Crippen molar-refractivity contribution in [2.24, 2.45) is 0 Å². The molecule has 0 atom stereocenters. The molecular weight excluding hydrogens is 318 g/mol. The molecule has 8 nitrogen and oxygen atoms in total. The van der Waals surface area contributed by atoms with Gasteiger partial charge in [0.1, 0.15) is 11.9 Å². The van der Waals surface area contributed by atoms with Crippen molar-refractivity contribution in [3.63, 3.8) is 0 Å². The second-order valence-electron chi connectivity index (χ2n) is 6.20. The van der Waals surface area contributed by atoms with Crippen molar-refractivity contribution in [2.45, 2.75) is 26.1 Å². The predicted octanol–water partition coefficient (Wildman–Crippen LogP) is 1.65. The second kappa shape index (κ2) is 7.21. The van der Waals surface area contributed by atoms with E-state index in [1.807, 2.05) is 21.7 Å². The summed E-state index contributed by atoms with van der Waals surface area (Å²) in [5, 5.41) is 16.6. The largest absolute Gasteiger partial charge is 0.364 e. The summed E-state index contributed by atoms with van der Waals surface area (Å²) in [4.78, 5) is 19.8. The van der Waals surface area contributed by atoms with Gasteiger partial charge in [0.05, 0.1) is 30.0 Å². The van der Waals surface area contributed by atoms with Crippen LogP contribution in [0.2, 0.25) is 0 Å². The summed E-state index contributed by atoms with van der Waals surface area (Å²) in [5.74, 6) is 0.701. The number of anilines is 1. The first-order valence-electron chi connectivity index (χ1n) is 8.18. The van der Waals surface area contributed by atoms with Crippen LogP contribution >= 0.6 is 0 Å². The molecule has 1 aliphatic rings. The molecular formula is C17H21N7O. The Bertz CT molecular complexity index is 788. The molecule has 1 N–H and O–H groups in total. The molecule has 3 heterocycles. The van der Waals surface area contributed by atoms with Gasteiger partial charge in [-0.1, -0.05) is 0 Å². The SMILES string of the molecule is CN(C)C(=O)N1CCCn2nc(CNc3ccc(C#N)cn3)cc2C1. The van der Waals surface area contributed by atoms with Crippen molar-refractivity contribution < 1.29 is 4.79 Å². The molecule has 0 saturated heterocycles. The van der Waals surface area contributed by atoms with Gasteiger partial charge in [0.2, 0.25) is 0 Å². The predicted molar refractivity (Wildman–Crippen MR) is 92.6 cm³/mol. The minimum absolute atomic E-state index is 0.0242. The number of fused-ring (bicyclic) bond motifs is 1. The van der Waals surface area contributed by atoms with Crippen LogP contribution < -0.4 is 5.32 Å². The van der Waals surface area contributed by atoms with E-state index in [0.29, 0.717) is 24.5 Å². The summed E-state index contributed by atoms with van der Waals surface area (Å²) in [5.41, 5.74) is 2.47. The molecule has 0 aliphatic carbocycles. The van der Waals surface area contributed by atoms with Crippen LogP contribution in [0.5, 0.6) is 0 Å². The van der Waals surface area contributed by atoms with Crippen molar-refractivity contribution in [1.82, 2.24) is 24.6 Å². The van der Waals surface area contributed by atoms with Crippen molar-refractivity contribution >= 4 is 11.8 Å². The van der Waals surface area contributed by atoms with Gasteiger partial charge in [-0.25, -0.2) is 9.78 Å². The molecule has 0 saturated carbocycles. The number of nitriles is 1. The fourth-order valence-electron chi connectivity index (χ4n) is 2.80. The average Bonchev–Trinajstić information content (AvgIpc) is 2.90. The molecule has 130 valence electrons. The second-order valence-corrected chi connectivity index (χ2v) is 6.20. The third kappa shape index (κ3) is 3.88. The Morgan fingerprint density at radius 1 is 1.40 bits per heavy atom. The first-order valence-corrected chi connectivity index (χ1v) is 8.18. The van der Waals surface area contributed by atoms with Gasteiger partial charge in [-0.15, -0.1) is 0 Å². The number of carbonyl (C=O) groups excluding carboxylic acids is 1. The van der Waals surface area contributed by atoms with E-state index in [1.54, 1.807) is 31.1 Å². The van der Waals surface area contributed by atoms with Crippen LogP contribution in [0.25, 0.3) is 0 Å². The number of hydrogen-bond donors (Lipinski definition) is 1. The minimum atomic E-state index is 0.0242. The lowest BCUT2D eigenvalue weighted by Gasteiger charge is -2.23. The average molecular weight is 339 g/mol. The van der Waals surface area contributed by atoms with Crippen LogP contribution in [0.3, 0.4) is 0 Å². The summed E-state index contributed by atoms with van der Waals surface area (Å²) < 4.78 is 1.98. The van der Waals surface area contributed by atoms with Gasteiger partial charge in [0.25, 0.3) is 0 Å². The van der Waals surface area contributed by atoms with Crippen molar-refractivity contribution in [2.75, 3.05) is 26.0 Å². The molecule has 0 spiro atoms. The van der Waals surface area contributed by atoms with Crippen molar-refractivity contribution in [3.8, 4) is 6.07 Å². The van der Waals surface area contributed by atoms with E-state index in [9.17, 15) is 4.79 Å². The Morgan fingerprint density at radius 2 is 2.24 bits per heavy atom. The Kier molecular flexibility index (Phi) is 4.84. The summed E-state index contributed by atoms with van der Waals surface area (Å²) in [6.45, 7) is 2.66. The van der Waals surface area contributed by atoms with Crippen LogP contribution in [0, 0.1) is 11.3 Å². The fraction of sp³-hybridized carbons (Fsp3) is 0.412. The maximum absolute atomic E-state index is 12.2. The minimum Gasteiger partial charge on any atom is -0.364 e. The number of nitrogens with zero attached hydrogens (tertiary/aromatic N) is 6. The highest BCUT2D eigenvalue weighted by Gasteiger charge is 2.21. The molecule has 0 aromatic carbocycles. The number of amides is 2. The Morgan fingerprint density at radius 3 is 2.92 bits per heavy atom. The lowest BCUT2D eigenvalue weighted by atomic mass is 10.3. The van der Waals surface area contributed by atoms with Gasteiger partial charge in [0.15, 0.2) is 0 Å².